The fourth-order valence-electron chi connectivity index (χ4n) is 2.60. The van der Waals surface area contributed by atoms with Gasteiger partial charge in [-0.25, -0.2) is 0 Å². The van der Waals surface area contributed by atoms with Gasteiger partial charge < -0.3 is 15.0 Å². The minimum Gasteiger partial charge on any atom is -0.380 e. The van der Waals surface area contributed by atoms with E-state index in [0.29, 0.717) is 17.9 Å². The van der Waals surface area contributed by atoms with Crippen molar-refractivity contribution in [3.8, 4) is 0 Å². The van der Waals surface area contributed by atoms with E-state index >= 15 is 0 Å². The summed E-state index contributed by atoms with van der Waals surface area (Å²) < 4.78 is 2.44. The molecule has 0 radical (unpaired) electrons. The number of nitrogens with one attached hydrogen (secondary N) is 2. The van der Waals surface area contributed by atoms with E-state index in [4.69, 9.17) is 12.2 Å². The van der Waals surface area contributed by atoms with E-state index in [1.807, 2.05) is 18.4 Å². The maximum Gasteiger partial charge on any atom is 0.252 e. The second-order valence-corrected chi connectivity index (χ2v) is 6.61. The summed E-state index contributed by atoms with van der Waals surface area (Å²) in [6.07, 6.45) is 2.94. The summed E-state index contributed by atoms with van der Waals surface area (Å²) >= 11 is 5.20. The van der Waals surface area contributed by atoms with Crippen LogP contribution in [0.3, 0.4) is 0 Å². The molecule has 1 saturated carbocycles. The molecule has 1 unspecified atom stereocenters. The molecule has 3 N–H and O–H groups in total. The molecule has 1 aromatic heterocycles. The first-order chi connectivity index (χ1) is 9.84. The number of aliphatic hydroxyl groups is 1. The molecule has 6 nitrogen and oxygen atoms in total. The SMILES string of the molecule is CC(C)c1n[nH]c(=S)n1CCNC(=O)C(C)(O)C1CCC1. The maximum absolute atomic E-state index is 12.1. The first kappa shape index (κ1) is 16.2. The van der Waals surface area contributed by atoms with E-state index in [0.717, 1.165) is 25.1 Å². The number of hydrogen-bond donors (Lipinski definition) is 3. The van der Waals surface area contributed by atoms with Crippen LogP contribution in [0.1, 0.15) is 51.8 Å². The topological polar surface area (TPSA) is 82.9 Å². The van der Waals surface area contributed by atoms with Crippen LogP contribution in [0.15, 0.2) is 0 Å². The molecule has 1 aliphatic rings. The zero-order valence-corrected chi connectivity index (χ0v) is 13.7. The fourth-order valence-corrected chi connectivity index (χ4v) is 2.83. The van der Waals surface area contributed by atoms with Gasteiger partial charge in [-0.1, -0.05) is 20.3 Å². The lowest BCUT2D eigenvalue weighted by Crippen LogP contribution is -2.52. The third kappa shape index (κ3) is 3.35. The second-order valence-electron chi connectivity index (χ2n) is 6.22. The Morgan fingerprint density at radius 2 is 2.29 bits per heavy atom. The third-order valence-electron chi connectivity index (χ3n) is 4.28. The normalized spacial score (nSPS) is 18.3. The Bertz CT molecular complexity index is 558. The van der Waals surface area contributed by atoms with Crippen molar-refractivity contribution in [1.29, 1.82) is 0 Å². The standard InChI is InChI=1S/C14H24N4O2S/c1-9(2)11-16-17-13(21)18(11)8-7-15-12(19)14(3,20)10-5-4-6-10/h9-10,20H,4-8H2,1-3H3,(H,15,19)(H,17,21). The van der Waals surface area contributed by atoms with Gasteiger partial charge in [0, 0.05) is 19.0 Å². The largest absolute Gasteiger partial charge is 0.380 e. The van der Waals surface area contributed by atoms with Crippen molar-refractivity contribution in [2.75, 3.05) is 6.54 Å². The molecule has 21 heavy (non-hydrogen) atoms. The summed E-state index contributed by atoms with van der Waals surface area (Å²) in [5, 5.41) is 20.1. The van der Waals surface area contributed by atoms with Gasteiger partial charge in [-0.15, -0.1) is 0 Å². The molecule has 0 aliphatic heterocycles. The highest BCUT2D eigenvalue weighted by molar-refractivity contribution is 7.71. The van der Waals surface area contributed by atoms with Crippen molar-refractivity contribution in [2.45, 2.75) is 58.1 Å². The molecule has 1 aliphatic carbocycles. The van der Waals surface area contributed by atoms with Crippen molar-refractivity contribution in [3.05, 3.63) is 10.6 Å². The first-order valence-electron chi connectivity index (χ1n) is 7.49. The molecule has 0 saturated heterocycles. The zero-order chi connectivity index (χ0) is 15.6. The number of nitrogens with zero attached hydrogens (tertiary/aromatic N) is 2. The van der Waals surface area contributed by atoms with Crippen LogP contribution in [0, 0.1) is 10.7 Å². The molecule has 2 rings (SSSR count). The summed E-state index contributed by atoms with van der Waals surface area (Å²) in [4.78, 5) is 12.1. The van der Waals surface area contributed by atoms with Gasteiger partial charge in [-0.05, 0) is 37.9 Å². The third-order valence-corrected chi connectivity index (χ3v) is 4.60. The van der Waals surface area contributed by atoms with Gasteiger partial charge in [-0.2, -0.15) is 5.10 Å². The number of aromatic nitrogens is 3. The van der Waals surface area contributed by atoms with Crippen LogP contribution in [0.25, 0.3) is 0 Å². The molecule has 1 fully saturated rings. The van der Waals surface area contributed by atoms with Gasteiger partial charge in [0.1, 0.15) is 11.4 Å². The molecule has 118 valence electrons. The van der Waals surface area contributed by atoms with Crippen LogP contribution >= 0.6 is 12.2 Å². The number of aromatic amines is 1. The lowest BCUT2D eigenvalue weighted by molar-refractivity contribution is -0.147. The van der Waals surface area contributed by atoms with Crippen LogP contribution in [-0.2, 0) is 11.3 Å². The van der Waals surface area contributed by atoms with Gasteiger partial charge in [0.15, 0.2) is 4.77 Å². The van der Waals surface area contributed by atoms with Crippen LogP contribution in [0.5, 0.6) is 0 Å². The number of H-pyrrole nitrogens is 1. The molecule has 1 heterocycles. The fraction of sp³-hybridized carbons (Fsp3) is 0.786. The van der Waals surface area contributed by atoms with E-state index in [1.165, 1.54) is 0 Å². The van der Waals surface area contributed by atoms with Crippen molar-refractivity contribution >= 4 is 18.1 Å². The van der Waals surface area contributed by atoms with Gasteiger partial charge in [0.2, 0.25) is 0 Å². The quantitative estimate of drug-likeness (QED) is 0.699. The van der Waals surface area contributed by atoms with Gasteiger partial charge in [0.25, 0.3) is 5.91 Å². The zero-order valence-electron chi connectivity index (χ0n) is 12.8. The highest BCUT2D eigenvalue weighted by Gasteiger charge is 2.41. The summed E-state index contributed by atoms with van der Waals surface area (Å²) in [5.41, 5.74) is -1.27. The molecule has 1 atom stereocenters. The monoisotopic (exact) mass is 312 g/mol. The summed E-state index contributed by atoms with van der Waals surface area (Å²) in [6.45, 7) is 6.67. The first-order valence-corrected chi connectivity index (χ1v) is 7.90. The number of rotatable bonds is 6. The average Bonchev–Trinajstić information content (AvgIpc) is 2.68. The number of carbonyl (C=O) groups is 1. The average molecular weight is 312 g/mol. The Morgan fingerprint density at radius 3 is 2.81 bits per heavy atom. The molecular weight excluding hydrogens is 288 g/mol. The summed E-state index contributed by atoms with van der Waals surface area (Å²) in [5.74, 6) is 0.917. The van der Waals surface area contributed by atoms with Gasteiger partial charge in [-0.3, -0.25) is 9.89 Å². The Labute approximate surface area is 129 Å². The Balaban J connectivity index is 1.91. The summed E-state index contributed by atoms with van der Waals surface area (Å²) in [6, 6.07) is 0. The van der Waals surface area contributed by atoms with E-state index in [1.54, 1.807) is 6.92 Å². The van der Waals surface area contributed by atoms with Crippen LogP contribution in [0.4, 0.5) is 0 Å². The Kier molecular flexibility index (Phi) is 4.83. The van der Waals surface area contributed by atoms with Crippen LogP contribution in [-0.4, -0.2) is 37.9 Å². The molecule has 7 heteroatoms. The van der Waals surface area contributed by atoms with Gasteiger partial charge in [0.05, 0.1) is 0 Å². The molecule has 0 bridgehead atoms. The highest BCUT2D eigenvalue weighted by Crippen LogP contribution is 2.36. The predicted molar refractivity (Wildman–Crippen MR) is 82.5 cm³/mol. The van der Waals surface area contributed by atoms with Crippen LogP contribution < -0.4 is 5.32 Å². The van der Waals surface area contributed by atoms with E-state index < -0.39 is 5.60 Å². The van der Waals surface area contributed by atoms with Crippen molar-refractivity contribution < 1.29 is 9.90 Å². The van der Waals surface area contributed by atoms with Crippen LogP contribution in [0.2, 0.25) is 0 Å². The molecule has 1 aromatic rings. The Hall–Kier alpha value is -1.21. The lowest BCUT2D eigenvalue weighted by atomic mass is 9.73. The van der Waals surface area contributed by atoms with Crippen molar-refractivity contribution in [2.24, 2.45) is 5.92 Å². The minimum atomic E-state index is -1.27. The second kappa shape index (κ2) is 6.27. The van der Waals surface area contributed by atoms with E-state index in [9.17, 15) is 9.90 Å². The lowest BCUT2D eigenvalue weighted by Gasteiger charge is -2.37. The molecule has 0 aromatic carbocycles. The molecule has 0 spiro atoms. The van der Waals surface area contributed by atoms with Crippen molar-refractivity contribution in [1.82, 2.24) is 20.1 Å². The number of carbonyl (C=O) groups excluding carboxylic acids is 1. The number of amides is 1. The van der Waals surface area contributed by atoms with E-state index in [-0.39, 0.29) is 17.7 Å². The smallest absolute Gasteiger partial charge is 0.252 e. The predicted octanol–water partition coefficient (Wildman–Crippen LogP) is 1.73. The number of hydrogen-bond acceptors (Lipinski definition) is 4. The molecule has 1 amide bonds. The maximum atomic E-state index is 12.1. The van der Waals surface area contributed by atoms with Crippen molar-refractivity contribution in [3.63, 3.8) is 0 Å². The highest BCUT2D eigenvalue weighted by atomic mass is 32.1. The molecular formula is C14H24N4O2S. The minimum absolute atomic E-state index is 0.0832. The van der Waals surface area contributed by atoms with Gasteiger partial charge >= 0.3 is 0 Å². The summed E-state index contributed by atoms with van der Waals surface area (Å²) in [7, 11) is 0. The van der Waals surface area contributed by atoms with E-state index in [2.05, 4.69) is 15.5 Å². The Morgan fingerprint density at radius 1 is 1.62 bits per heavy atom.